The number of hydrogen-bond donors (Lipinski definition) is 2. The third kappa shape index (κ3) is 7.90. The number of halogens is 2. The fourth-order valence-corrected chi connectivity index (χ4v) is 2.94. The molecule has 3 rings (SSSR count). The molecule has 29 heavy (non-hydrogen) atoms. The molecular formula is C20H29FIN5O2. The normalized spacial score (nSPS) is 16.5. The molecule has 160 valence electrons. The Labute approximate surface area is 188 Å². The molecule has 1 aromatic carbocycles. The van der Waals surface area contributed by atoms with Crippen molar-refractivity contribution in [2.24, 2.45) is 4.99 Å². The smallest absolute Gasteiger partial charge is 0.190 e. The molecule has 1 atom stereocenters. The van der Waals surface area contributed by atoms with Crippen molar-refractivity contribution in [2.45, 2.75) is 25.4 Å². The first kappa shape index (κ1) is 23.6. The van der Waals surface area contributed by atoms with Gasteiger partial charge in [-0.1, -0.05) is 0 Å². The minimum Gasteiger partial charge on any atom is -0.379 e. The Morgan fingerprint density at radius 1 is 1.28 bits per heavy atom. The van der Waals surface area contributed by atoms with Gasteiger partial charge in [0, 0.05) is 46.0 Å². The van der Waals surface area contributed by atoms with Crippen LogP contribution in [0.3, 0.4) is 0 Å². The molecule has 0 radical (unpaired) electrons. The van der Waals surface area contributed by atoms with Crippen LogP contribution in [0.5, 0.6) is 0 Å². The van der Waals surface area contributed by atoms with Crippen molar-refractivity contribution in [1.82, 2.24) is 20.4 Å². The molecule has 2 aromatic rings. The van der Waals surface area contributed by atoms with E-state index in [0.29, 0.717) is 6.61 Å². The van der Waals surface area contributed by atoms with Gasteiger partial charge in [-0.25, -0.2) is 9.07 Å². The molecule has 1 aliphatic rings. The SMILES string of the molecule is CN=C(NCCCOC1CCOC1)NCCc1ccn(-c2ccc(F)cc2)n1.I. The number of guanidine groups is 1. The minimum absolute atomic E-state index is 0. The second-order valence-electron chi connectivity index (χ2n) is 6.61. The monoisotopic (exact) mass is 517 g/mol. The zero-order chi connectivity index (χ0) is 19.6. The van der Waals surface area contributed by atoms with Gasteiger partial charge in [0.15, 0.2) is 5.96 Å². The summed E-state index contributed by atoms with van der Waals surface area (Å²) in [5.41, 5.74) is 1.80. The Morgan fingerprint density at radius 3 is 2.79 bits per heavy atom. The van der Waals surface area contributed by atoms with Gasteiger partial charge in [0.25, 0.3) is 0 Å². The van der Waals surface area contributed by atoms with Crippen LogP contribution in [0.2, 0.25) is 0 Å². The highest BCUT2D eigenvalue weighted by Gasteiger charge is 2.15. The van der Waals surface area contributed by atoms with Crippen molar-refractivity contribution in [3.63, 3.8) is 0 Å². The summed E-state index contributed by atoms with van der Waals surface area (Å²) in [6.07, 6.45) is 4.81. The molecule has 2 N–H and O–H groups in total. The summed E-state index contributed by atoms with van der Waals surface area (Å²) in [6, 6.07) is 8.24. The number of aliphatic imine (C=N–C) groups is 1. The van der Waals surface area contributed by atoms with Crippen molar-refractivity contribution in [1.29, 1.82) is 0 Å². The summed E-state index contributed by atoms with van der Waals surface area (Å²) in [7, 11) is 1.75. The maximum Gasteiger partial charge on any atom is 0.190 e. The van der Waals surface area contributed by atoms with Crippen LogP contribution in [0.25, 0.3) is 5.69 Å². The maximum absolute atomic E-state index is 13.0. The van der Waals surface area contributed by atoms with E-state index in [-0.39, 0.29) is 35.9 Å². The van der Waals surface area contributed by atoms with Crippen LogP contribution in [0.4, 0.5) is 4.39 Å². The van der Waals surface area contributed by atoms with E-state index in [1.807, 2.05) is 12.3 Å². The van der Waals surface area contributed by atoms with Gasteiger partial charge in [0.1, 0.15) is 5.82 Å². The van der Waals surface area contributed by atoms with E-state index in [2.05, 4.69) is 20.7 Å². The van der Waals surface area contributed by atoms with Gasteiger partial charge >= 0.3 is 0 Å². The third-order valence-corrected chi connectivity index (χ3v) is 4.49. The number of benzene rings is 1. The summed E-state index contributed by atoms with van der Waals surface area (Å²) in [4.78, 5) is 4.23. The predicted octanol–water partition coefficient (Wildman–Crippen LogP) is 2.53. The highest BCUT2D eigenvalue weighted by atomic mass is 127. The second kappa shape index (κ2) is 12.8. The highest BCUT2D eigenvalue weighted by molar-refractivity contribution is 14.0. The molecule has 1 aliphatic heterocycles. The lowest BCUT2D eigenvalue weighted by molar-refractivity contribution is 0.0420. The Balaban J connectivity index is 0.00000300. The molecule has 7 nitrogen and oxygen atoms in total. The molecule has 2 heterocycles. The number of nitrogens with zero attached hydrogens (tertiary/aromatic N) is 3. The van der Waals surface area contributed by atoms with Crippen LogP contribution in [-0.2, 0) is 15.9 Å². The van der Waals surface area contributed by atoms with Gasteiger partial charge in [0.2, 0.25) is 0 Å². The van der Waals surface area contributed by atoms with Crippen molar-refractivity contribution in [3.05, 3.63) is 48.0 Å². The van der Waals surface area contributed by atoms with E-state index in [0.717, 1.165) is 62.9 Å². The number of hydrogen-bond acceptors (Lipinski definition) is 4. The molecule has 1 aromatic heterocycles. The summed E-state index contributed by atoms with van der Waals surface area (Å²) >= 11 is 0. The Kier molecular flexibility index (Phi) is 10.4. The quantitative estimate of drug-likeness (QED) is 0.232. The van der Waals surface area contributed by atoms with Gasteiger partial charge in [-0.15, -0.1) is 24.0 Å². The van der Waals surface area contributed by atoms with Gasteiger partial charge in [-0.05, 0) is 43.2 Å². The average molecular weight is 517 g/mol. The van der Waals surface area contributed by atoms with Crippen LogP contribution >= 0.6 is 24.0 Å². The zero-order valence-corrected chi connectivity index (χ0v) is 19.0. The average Bonchev–Trinajstić information content (AvgIpc) is 3.39. The molecule has 1 unspecified atom stereocenters. The van der Waals surface area contributed by atoms with E-state index >= 15 is 0 Å². The highest BCUT2D eigenvalue weighted by Crippen LogP contribution is 2.09. The fourth-order valence-electron chi connectivity index (χ4n) is 2.94. The van der Waals surface area contributed by atoms with Gasteiger partial charge in [0.05, 0.1) is 24.1 Å². The first-order chi connectivity index (χ1) is 13.7. The van der Waals surface area contributed by atoms with Gasteiger partial charge < -0.3 is 20.1 Å². The molecule has 0 amide bonds. The number of nitrogens with one attached hydrogen (secondary N) is 2. The Hall–Kier alpha value is -1.72. The Bertz CT molecular complexity index is 748. The van der Waals surface area contributed by atoms with Crippen molar-refractivity contribution < 1.29 is 13.9 Å². The second-order valence-corrected chi connectivity index (χ2v) is 6.61. The Morgan fingerprint density at radius 2 is 2.07 bits per heavy atom. The van der Waals surface area contributed by atoms with Crippen molar-refractivity contribution >= 4 is 29.9 Å². The zero-order valence-electron chi connectivity index (χ0n) is 16.6. The van der Waals surface area contributed by atoms with Crippen LogP contribution in [0.1, 0.15) is 18.5 Å². The van der Waals surface area contributed by atoms with Crippen molar-refractivity contribution in [2.75, 3.05) is 40.0 Å². The summed E-state index contributed by atoms with van der Waals surface area (Å²) in [6.45, 7) is 3.76. The van der Waals surface area contributed by atoms with Crippen LogP contribution in [0.15, 0.2) is 41.5 Å². The van der Waals surface area contributed by atoms with Crippen LogP contribution in [0, 0.1) is 5.82 Å². The van der Waals surface area contributed by atoms with Crippen molar-refractivity contribution in [3.8, 4) is 5.69 Å². The number of aromatic nitrogens is 2. The largest absolute Gasteiger partial charge is 0.379 e. The third-order valence-electron chi connectivity index (χ3n) is 4.49. The fraction of sp³-hybridized carbons (Fsp3) is 0.500. The van der Waals surface area contributed by atoms with Crippen LogP contribution in [-0.4, -0.2) is 61.8 Å². The van der Waals surface area contributed by atoms with Crippen LogP contribution < -0.4 is 10.6 Å². The standard InChI is InChI=1S/C20H28FN5O2.HI/c1-22-20(23-10-2-13-28-19-9-14-27-15-19)24-11-7-17-8-12-26(25-17)18-5-3-16(21)4-6-18;/h3-6,8,12,19H,2,7,9-11,13-15H2,1H3,(H2,22,23,24);1H. The summed E-state index contributed by atoms with van der Waals surface area (Å²) < 4.78 is 25.8. The van der Waals surface area contributed by atoms with E-state index in [1.165, 1.54) is 12.1 Å². The van der Waals surface area contributed by atoms with Gasteiger partial charge in [-0.2, -0.15) is 5.10 Å². The summed E-state index contributed by atoms with van der Waals surface area (Å²) in [5, 5.41) is 11.1. The number of rotatable bonds is 9. The van der Waals surface area contributed by atoms with E-state index < -0.39 is 0 Å². The topological polar surface area (TPSA) is 72.7 Å². The minimum atomic E-state index is -0.252. The molecule has 0 bridgehead atoms. The number of ether oxygens (including phenoxy) is 2. The maximum atomic E-state index is 13.0. The molecule has 1 saturated heterocycles. The van der Waals surface area contributed by atoms with E-state index in [4.69, 9.17) is 9.47 Å². The predicted molar refractivity (Wildman–Crippen MR) is 122 cm³/mol. The lowest BCUT2D eigenvalue weighted by Crippen LogP contribution is -2.39. The first-order valence-corrected chi connectivity index (χ1v) is 9.69. The molecule has 0 saturated carbocycles. The first-order valence-electron chi connectivity index (χ1n) is 9.69. The molecule has 0 spiro atoms. The molecule has 1 fully saturated rings. The molecular weight excluding hydrogens is 488 g/mol. The lowest BCUT2D eigenvalue weighted by Gasteiger charge is -2.13. The van der Waals surface area contributed by atoms with Gasteiger partial charge in [-0.3, -0.25) is 4.99 Å². The molecule has 9 heteroatoms. The van der Waals surface area contributed by atoms with E-state index in [9.17, 15) is 4.39 Å². The molecule has 0 aliphatic carbocycles. The summed E-state index contributed by atoms with van der Waals surface area (Å²) in [5.74, 6) is 0.514. The van der Waals surface area contributed by atoms with E-state index in [1.54, 1.807) is 23.9 Å². The lowest BCUT2D eigenvalue weighted by atomic mass is 10.3.